The lowest BCUT2D eigenvalue weighted by Gasteiger charge is -2.22. The van der Waals surface area contributed by atoms with Crippen molar-refractivity contribution < 1.29 is 14.4 Å². The Morgan fingerprint density at radius 2 is 1.92 bits per heavy atom. The van der Waals surface area contributed by atoms with E-state index in [-0.39, 0.29) is 23.6 Å². The maximum atomic E-state index is 12.5. The highest BCUT2D eigenvalue weighted by atomic mass is 32.2. The number of rotatable bonds is 3. The molecule has 1 aromatic rings. The molecule has 6 nitrogen and oxygen atoms in total. The van der Waals surface area contributed by atoms with Gasteiger partial charge in [0, 0.05) is 32.0 Å². The second-order valence-corrected chi connectivity index (χ2v) is 7.10. The van der Waals surface area contributed by atoms with Crippen LogP contribution in [-0.2, 0) is 16.6 Å². The van der Waals surface area contributed by atoms with E-state index in [1.807, 2.05) is 29.9 Å². The van der Waals surface area contributed by atoms with Gasteiger partial charge in [0.05, 0.1) is 4.91 Å². The van der Waals surface area contributed by atoms with E-state index in [1.54, 1.807) is 11.0 Å². The van der Waals surface area contributed by atoms with Crippen LogP contribution in [0.3, 0.4) is 0 Å². The molecule has 0 atom stereocenters. The minimum atomic E-state index is -0.380. The van der Waals surface area contributed by atoms with E-state index in [2.05, 4.69) is 0 Å². The van der Waals surface area contributed by atoms with Crippen LogP contribution in [0.15, 0.2) is 23.2 Å². The van der Waals surface area contributed by atoms with Crippen molar-refractivity contribution in [3.63, 3.8) is 0 Å². The summed E-state index contributed by atoms with van der Waals surface area (Å²) in [7, 11) is 1.87. The molecule has 0 N–H and O–H groups in total. The molecule has 1 aromatic heterocycles. The lowest BCUT2D eigenvalue weighted by atomic mass is 10.2. The monoisotopic (exact) mass is 347 g/mol. The number of carbonyl (C=O) groups is 3. The van der Waals surface area contributed by atoms with E-state index < -0.39 is 0 Å². The van der Waals surface area contributed by atoms with E-state index in [1.165, 1.54) is 0 Å². The molecule has 0 unspecified atom stereocenters. The van der Waals surface area contributed by atoms with Gasteiger partial charge in [0.25, 0.3) is 11.1 Å². The van der Waals surface area contributed by atoms with Gasteiger partial charge in [-0.2, -0.15) is 0 Å². The third-order valence-electron chi connectivity index (χ3n) is 4.39. The summed E-state index contributed by atoms with van der Waals surface area (Å²) < 4.78 is 1.87. The second kappa shape index (κ2) is 7.25. The van der Waals surface area contributed by atoms with Crippen LogP contribution in [0.1, 0.15) is 31.4 Å². The topological polar surface area (TPSA) is 62.6 Å². The van der Waals surface area contributed by atoms with Gasteiger partial charge in [-0.05, 0) is 42.8 Å². The Balaban J connectivity index is 1.69. The van der Waals surface area contributed by atoms with Crippen molar-refractivity contribution in [3.05, 3.63) is 28.9 Å². The van der Waals surface area contributed by atoms with Crippen molar-refractivity contribution >= 4 is 34.9 Å². The van der Waals surface area contributed by atoms with E-state index in [0.29, 0.717) is 18.0 Å². The Hall–Kier alpha value is -2.02. The molecule has 2 saturated heterocycles. The van der Waals surface area contributed by atoms with Gasteiger partial charge in [-0.1, -0.05) is 12.8 Å². The van der Waals surface area contributed by atoms with Crippen molar-refractivity contribution in [1.82, 2.24) is 14.4 Å². The van der Waals surface area contributed by atoms with Gasteiger partial charge in [-0.15, -0.1) is 0 Å². The van der Waals surface area contributed by atoms with Gasteiger partial charge in [-0.25, -0.2) is 0 Å². The van der Waals surface area contributed by atoms with Crippen molar-refractivity contribution in [2.75, 3.05) is 19.6 Å². The zero-order chi connectivity index (χ0) is 17.1. The molecule has 2 fully saturated rings. The highest BCUT2D eigenvalue weighted by Gasteiger charge is 2.37. The number of amides is 3. The molecule has 2 aliphatic heterocycles. The van der Waals surface area contributed by atoms with Crippen LogP contribution in [0, 0.1) is 0 Å². The fraction of sp³-hybridized carbons (Fsp3) is 0.471. The van der Waals surface area contributed by atoms with Crippen LogP contribution in [0.25, 0.3) is 6.08 Å². The number of nitrogens with zero attached hydrogens (tertiary/aromatic N) is 3. The Bertz CT molecular complexity index is 687. The fourth-order valence-corrected chi connectivity index (χ4v) is 3.77. The summed E-state index contributed by atoms with van der Waals surface area (Å²) in [4.78, 5) is 40.2. The standard InChI is InChI=1S/C17H21N3O3S/c1-18-8-6-7-13(18)11-14-16(22)20(17(23)24-14)12-15(21)19-9-4-2-3-5-10-19/h6-8,11H,2-5,9-10,12H2,1H3/b14-11-. The molecule has 0 radical (unpaired) electrons. The number of aryl methyl sites for hydroxylation is 1. The molecule has 2 aliphatic rings. The molecule has 0 bridgehead atoms. The van der Waals surface area contributed by atoms with E-state index in [4.69, 9.17) is 0 Å². The summed E-state index contributed by atoms with van der Waals surface area (Å²) in [5.74, 6) is -0.520. The minimum Gasteiger partial charge on any atom is -0.351 e. The minimum absolute atomic E-state index is 0.140. The molecule has 3 heterocycles. The van der Waals surface area contributed by atoms with Crippen LogP contribution in [0.2, 0.25) is 0 Å². The Morgan fingerprint density at radius 3 is 2.54 bits per heavy atom. The highest BCUT2D eigenvalue weighted by Crippen LogP contribution is 2.32. The lowest BCUT2D eigenvalue weighted by Crippen LogP contribution is -2.42. The van der Waals surface area contributed by atoms with Gasteiger partial charge in [0.15, 0.2) is 0 Å². The molecule has 0 spiro atoms. The summed E-state index contributed by atoms with van der Waals surface area (Å²) in [6.45, 7) is 1.28. The normalized spacial score (nSPS) is 20.8. The van der Waals surface area contributed by atoms with Crippen LogP contribution in [-0.4, -0.2) is 51.1 Å². The first-order valence-electron chi connectivity index (χ1n) is 8.21. The predicted octanol–water partition coefficient (Wildman–Crippen LogP) is 2.46. The molecule has 0 aliphatic carbocycles. The highest BCUT2D eigenvalue weighted by molar-refractivity contribution is 8.18. The maximum absolute atomic E-state index is 12.5. The van der Waals surface area contributed by atoms with Crippen LogP contribution < -0.4 is 0 Å². The van der Waals surface area contributed by atoms with E-state index in [0.717, 1.165) is 48.0 Å². The van der Waals surface area contributed by atoms with Crippen LogP contribution in [0.5, 0.6) is 0 Å². The van der Waals surface area contributed by atoms with Crippen LogP contribution >= 0.6 is 11.8 Å². The molecular weight excluding hydrogens is 326 g/mol. The average molecular weight is 347 g/mol. The number of imide groups is 1. The third kappa shape index (κ3) is 3.56. The predicted molar refractivity (Wildman–Crippen MR) is 93.1 cm³/mol. The SMILES string of the molecule is Cn1cccc1/C=C1\SC(=O)N(CC(=O)N2CCCCCC2)C1=O. The summed E-state index contributed by atoms with van der Waals surface area (Å²) in [6, 6.07) is 3.75. The molecule has 3 rings (SSSR count). The Labute approximate surface area is 145 Å². The quantitative estimate of drug-likeness (QED) is 0.788. The first-order valence-corrected chi connectivity index (χ1v) is 9.02. The molecular formula is C17H21N3O3S. The van der Waals surface area contributed by atoms with Crippen molar-refractivity contribution in [1.29, 1.82) is 0 Å². The lowest BCUT2D eigenvalue weighted by molar-refractivity contribution is -0.135. The third-order valence-corrected chi connectivity index (χ3v) is 5.30. The molecule has 3 amide bonds. The Kier molecular flexibility index (Phi) is 5.08. The van der Waals surface area contributed by atoms with Gasteiger partial charge in [0.2, 0.25) is 5.91 Å². The second-order valence-electron chi connectivity index (χ2n) is 6.11. The van der Waals surface area contributed by atoms with Crippen molar-refractivity contribution in [2.45, 2.75) is 25.7 Å². The number of thioether (sulfide) groups is 1. The molecule has 7 heteroatoms. The number of hydrogen-bond donors (Lipinski definition) is 0. The van der Waals surface area contributed by atoms with Gasteiger partial charge in [0.1, 0.15) is 6.54 Å². The number of likely N-dealkylation sites (tertiary alicyclic amines) is 1. The summed E-state index contributed by atoms with van der Waals surface area (Å²) in [5.41, 5.74) is 0.847. The maximum Gasteiger partial charge on any atom is 0.294 e. The van der Waals surface area contributed by atoms with Crippen LogP contribution in [0.4, 0.5) is 4.79 Å². The fourth-order valence-electron chi connectivity index (χ4n) is 2.95. The summed E-state index contributed by atoms with van der Waals surface area (Å²) >= 11 is 0.896. The number of carbonyl (C=O) groups excluding carboxylic acids is 3. The number of hydrogen-bond acceptors (Lipinski definition) is 4. The smallest absolute Gasteiger partial charge is 0.294 e. The van der Waals surface area contributed by atoms with Gasteiger partial charge in [-0.3, -0.25) is 19.3 Å². The van der Waals surface area contributed by atoms with E-state index in [9.17, 15) is 14.4 Å². The molecule has 0 saturated carbocycles. The zero-order valence-electron chi connectivity index (χ0n) is 13.7. The van der Waals surface area contributed by atoms with Crippen molar-refractivity contribution in [2.24, 2.45) is 7.05 Å². The summed E-state index contributed by atoms with van der Waals surface area (Å²) in [5, 5.41) is -0.372. The molecule has 128 valence electrons. The van der Waals surface area contributed by atoms with Gasteiger partial charge < -0.3 is 9.47 Å². The van der Waals surface area contributed by atoms with Crippen molar-refractivity contribution in [3.8, 4) is 0 Å². The zero-order valence-corrected chi connectivity index (χ0v) is 14.6. The largest absolute Gasteiger partial charge is 0.351 e. The average Bonchev–Trinajstić information content (AvgIpc) is 2.95. The summed E-state index contributed by atoms with van der Waals surface area (Å²) in [6.07, 6.45) is 7.80. The molecule has 24 heavy (non-hydrogen) atoms. The number of aromatic nitrogens is 1. The van der Waals surface area contributed by atoms with Gasteiger partial charge >= 0.3 is 0 Å². The molecule has 0 aromatic carbocycles. The first-order chi connectivity index (χ1) is 11.6. The Morgan fingerprint density at radius 1 is 1.21 bits per heavy atom. The first kappa shape index (κ1) is 16.8. The van der Waals surface area contributed by atoms with E-state index >= 15 is 0 Å².